The molecule has 1 saturated heterocycles. The van der Waals surface area contributed by atoms with Crippen LogP contribution in [-0.4, -0.2) is 61.5 Å². The number of thioether (sulfide) groups is 1. The highest BCUT2D eigenvalue weighted by Crippen LogP contribution is 2.31. The second-order valence-electron chi connectivity index (χ2n) is 5.53. The molecule has 0 unspecified atom stereocenters. The van der Waals surface area contributed by atoms with Gasteiger partial charge in [-0.1, -0.05) is 0 Å². The van der Waals surface area contributed by atoms with Crippen LogP contribution < -0.4 is 10.1 Å². The van der Waals surface area contributed by atoms with Crippen molar-refractivity contribution in [2.24, 2.45) is 0 Å². The number of ether oxygens (including phenoxy) is 1. The van der Waals surface area contributed by atoms with E-state index in [2.05, 4.69) is 5.32 Å². The highest BCUT2D eigenvalue weighted by atomic mass is 32.2. The third-order valence-corrected chi connectivity index (χ3v) is 6.54. The maximum Gasteiger partial charge on any atom is 0.246 e. The van der Waals surface area contributed by atoms with Crippen molar-refractivity contribution in [3.8, 4) is 5.75 Å². The zero-order valence-electron chi connectivity index (χ0n) is 14.2. The van der Waals surface area contributed by atoms with Gasteiger partial charge in [-0.3, -0.25) is 4.79 Å². The molecule has 7 nitrogen and oxygen atoms in total. The van der Waals surface area contributed by atoms with Crippen molar-refractivity contribution in [1.29, 1.82) is 0 Å². The quantitative estimate of drug-likeness (QED) is 0.623. The number of carbonyl (C=O) groups excluding carboxylic acids is 1. The fraction of sp³-hybridized carbons (Fsp3) is 0.562. The number of nitrogens with one attached hydrogen (secondary N) is 1. The number of aliphatic hydroxyl groups excluding tert-OH is 1. The Kier molecular flexibility index (Phi) is 7.55. The second kappa shape index (κ2) is 9.42. The van der Waals surface area contributed by atoms with Crippen LogP contribution in [0.25, 0.3) is 0 Å². The normalized spacial score (nSPS) is 15.3. The zero-order valence-corrected chi connectivity index (χ0v) is 15.9. The van der Waals surface area contributed by atoms with Gasteiger partial charge in [0, 0.05) is 24.5 Å². The van der Waals surface area contributed by atoms with E-state index in [0.29, 0.717) is 36.9 Å². The SMILES string of the molecule is CCOc1ccc(NC(=O)CSCCO)cc1S(=O)(=O)N1CCCC1. The predicted molar refractivity (Wildman–Crippen MR) is 98.6 cm³/mol. The summed E-state index contributed by atoms with van der Waals surface area (Å²) in [7, 11) is -3.65. The smallest absolute Gasteiger partial charge is 0.246 e. The Morgan fingerprint density at radius 2 is 2.08 bits per heavy atom. The van der Waals surface area contributed by atoms with Crippen LogP contribution in [-0.2, 0) is 14.8 Å². The summed E-state index contributed by atoms with van der Waals surface area (Å²) in [5.41, 5.74) is 0.413. The average Bonchev–Trinajstić information content (AvgIpc) is 3.12. The first-order chi connectivity index (χ1) is 12.0. The van der Waals surface area contributed by atoms with Crippen molar-refractivity contribution in [2.75, 3.05) is 43.1 Å². The predicted octanol–water partition coefficient (Wildman–Crippen LogP) is 1.53. The molecule has 1 fully saturated rings. The Morgan fingerprint density at radius 1 is 1.36 bits per heavy atom. The number of aliphatic hydroxyl groups is 1. The van der Waals surface area contributed by atoms with E-state index in [1.54, 1.807) is 19.1 Å². The molecule has 0 aliphatic carbocycles. The van der Waals surface area contributed by atoms with Gasteiger partial charge in [-0.25, -0.2) is 8.42 Å². The number of rotatable bonds is 9. The molecule has 1 aromatic carbocycles. The van der Waals surface area contributed by atoms with Crippen LogP contribution in [0.5, 0.6) is 5.75 Å². The Bertz CT molecular complexity index is 688. The molecular weight excluding hydrogens is 364 g/mol. The topological polar surface area (TPSA) is 95.9 Å². The summed E-state index contributed by atoms with van der Waals surface area (Å²) in [4.78, 5) is 12.0. The van der Waals surface area contributed by atoms with E-state index < -0.39 is 10.0 Å². The average molecular weight is 389 g/mol. The van der Waals surface area contributed by atoms with Gasteiger partial charge in [0.05, 0.1) is 19.0 Å². The van der Waals surface area contributed by atoms with E-state index >= 15 is 0 Å². The molecule has 1 aromatic rings. The number of anilines is 1. The molecule has 0 spiro atoms. The van der Waals surface area contributed by atoms with E-state index in [9.17, 15) is 13.2 Å². The van der Waals surface area contributed by atoms with Crippen molar-refractivity contribution < 1.29 is 23.1 Å². The first-order valence-corrected chi connectivity index (χ1v) is 10.8. The van der Waals surface area contributed by atoms with Crippen molar-refractivity contribution in [3.05, 3.63) is 18.2 Å². The fourth-order valence-electron chi connectivity index (χ4n) is 2.56. The van der Waals surface area contributed by atoms with Crippen LogP contribution in [0.3, 0.4) is 0 Å². The minimum atomic E-state index is -3.65. The maximum absolute atomic E-state index is 12.9. The van der Waals surface area contributed by atoms with Gasteiger partial charge in [0.2, 0.25) is 15.9 Å². The van der Waals surface area contributed by atoms with Gasteiger partial charge in [-0.15, -0.1) is 11.8 Å². The zero-order chi connectivity index (χ0) is 18.3. The van der Waals surface area contributed by atoms with Crippen LogP contribution in [0.4, 0.5) is 5.69 Å². The number of nitrogens with zero attached hydrogens (tertiary/aromatic N) is 1. The first-order valence-electron chi connectivity index (χ1n) is 8.24. The van der Waals surface area contributed by atoms with Crippen LogP contribution >= 0.6 is 11.8 Å². The number of hydrogen-bond acceptors (Lipinski definition) is 6. The van der Waals surface area contributed by atoms with E-state index in [0.717, 1.165) is 12.8 Å². The molecule has 1 heterocycles. The lowest BCUT2D eigenvalue weighted by molar-refractivity contribution is -0.113. The Hall–Kier alpha value is -1.29. The van der Waals surface area contributed by atoms with Crippen LogP contribution in [0.1, 0.15) is 19.8 Å². The molecule has 9 heteroatoms. The Balaban J connectivity index is 2.22. The highest BCUT2D eigenvalue weighted by molar-refractivity contribution is 7.99. The molecule has 1 amide bonds. The molecule has 25 heavy (non-hydrogen) atoms. The molecule has 0 aromatic heterocycles. The molecule has 0 radical (unpaired) electrons. The molecular formula is C16H24N2O5S2. The summed E-state index contributed by atoms with van der Waals surface area (Å²) in [6.45, 7) is 3.16. The molecule has 0 bridgehead atoms. The number of sulfonamides is 1. The van der Waals surface area contributed by atoms with E-state index in [1.165, 1.54) is 22.1 Å². The maximum atomic E-state index is 12.9. The lowest BCUT2D eigenvalue weighted by atomic mass is 10.3. The van der Waals surface area contributed by atoms with Crippen molar-refractivity contribution in [3.63, 3.8) is 0 Å². The lowest BCUT2D eigenvalue weighted by Gasteiger charge is -2.19. The lowest BCUT2D eigenvalue weighted by Crippen LogP contribution is -2.28. The van der Waals surface area contributed by atoms with Crippen LogP contribution in [0.15, 0.2) is 23.1 Å². The van der Waals surface area contributed by atoms with Gasteiger partial charge < -0.3 is 15.2 Å². The van der Waals surface area contributed by atoms with Gasteiger partial charge in [-0.2, -0.15) is 4.31 Å². The Morgan fingerprint density at radius 3 is 2.72 bits per heavy atom. The van der Waals surface area contributed by atoms with Gasteiger partial charge in [0.25, 0.3) is 0 Å². The summed E-state index contributed by atoms with van der Waals surface area (Å²) < 4.78 is 32.7. The third-order valence-electron chi connectivity index (χ3n) is 3.68. The van der Waals surface area contributed by atoms with Gasteiger partial charge in [0.1, 0.15) is 10.6 Å². The molecule has 0 atom stereocenters. The minimum absolute atomic E-state index is 0.0131. The van der Waals surface area contributed by atoms with Gasteiger partial charge in [-0.05, 0) is 38.0 Å². The monoisotopic (exact) mass is 388 g/mol. The van der Waals surface area contributed by atoms with Crippen molar-refractivity contribution in [2.45, 2.75) is 24.7 Å². The standard InChI is InChI=1S/C16H24N2O5S2/c1-2-23-14-6-5-13(17-16(20)12-24-10-9-19)11-15(14)25(21,22)18-7-3-4-8-18/h5-6,11,19H,2-4,7-10,12H2,1H3,(H,17,20). The van der Waals surface area contributed by atoms with Gasteiger partial charge >= 0.3 is 0 Å². The summed E-state index contributed by atoms with van der Waals surface area (Å²) in [6.07, 6.45) is 1.70. The summed E-state index contributed by atoms with van der Waals surface area (Å²) >= 11 is 1.31. The molecule has 2 N–H and O–H groups in total. The number of benzene rings is 1. The Labute approximate surface area is 152 Å². The summed E-state index contributed by atoms with van der Waals surface area (Å²) in [5.74, 6) is 0.724. The second-order valence-corrected chi connectivity index (χ2v) is 8.54. The summed E-state index contributed by atoms with van der Waals surface area (Å²) in [6, 6.07) is 4.65. The number of hydrogen-bond donors (Lipinski definition) is 2. The van der Waals surface area contributed by atoms with E-state index in [4.69, 9.17) is 9.84 Å². The van der Waals surface area contributed by atoms with Crippen molar-refractivity contribution >= 4 is 33.4 Å². The van der Waals surface area contributed by atoms with Crippen molar-refractivity contribution in [1.82, 2.24) is 4.31 Å². The third kappa shape index (κ3) is 5.34. The molecule has 2 rings (SSSR count). The minimum Gasteiger partial charge on any atom is -0.492 e. The number of carbonyl (C=O) groups is 1. The van der Waals surface area contributed by atoms with E-state index in [1.807, 2.05) is 0 Å². The first kappa shape index (κ1) is 20.0. The number of amides is 1. The molecule has 140 valence electrons. The van der Waals surface area contributed by atoms with E-state index in [-0.39, 0.29) is 23.2 Å². The molecule has 1 aliphatic rings. The van der Waals surface area contributed by atoms with Crippen LogP contribution in [0.2, 0.25) is 0 Å². The largest absolute Gasteiger partial charge is 0.492 e. The van der Waals surface area contributed by atoms with Gasteiger partial charge in [0.15, 0.2) is 0 Å². The molecule has 1 aliphatic heterocycles. The van der Waals surface area contributed by atoms with Crippen LogP contribution in [0, 0.1) is 0 Å². The fourth-order valence-corrected chi connectivity index (χ4v) is 4.76. The highest BCUT2D eigenvalue weighted by Gasteiger charge is 2.30. The summed E-state index contributed by atoms with van der Waals surface area (Å²) in [5, 5.41) is 11.4. The molecule has 0 saturated carbocycles.